The number of benzene rings is 2. The lowest BCUT2D eigenvalue weighted by molar-refractivity contribution is 0.0208. The number of fused-ring (bicyclic) bond motifs is 2. The molecule has 3 aromatic heterocycles. The molecule has 3 fully saturated rings. The average Bonchev–Trinajstić information content (AvgIpc) is 3.25. The van der Waals surface area contributed by atoms with Crippen LogP contribution < -0.4 is 20.0 Å². The van der Waals surface area contributed by atoms with Gasteiger partial charge in [-0.2, -0.15) is 0 Å². The summed E-state index contributed by atoms with van der Waals surface area (Å²) in [5.74, 6) is -1.65. The van der Waals surface area contributed by atoms with E-state index in [-0.39, 0.29) is 51.1 Å². The zero-order valence-corrected chi connectivity index (χ0v) is 41.0. The first kappa shape index (κ1) is 50.0. The van der Waals surface area contributed by atoms with Gasteiger partial charge in [-0.3, -0.25) is 4.98 Å². The van der Waals surface area contributed by atoms with Crippen LogP contribution in [0.4, 0.5) is 55.8 Å². The van der Waals surface area contributed by atoms with Gasteiger partial charge in [0.1, 0.15) is 46.1 Å². The van der Waals surface area contributed by atoms with E-state index in [1.54, 1.807) is 29.1 Å². The molecule has 3 saturated heterocycles. The summed E-state index contributed by atoms with van der Waals surface area (Å²) < 4.78 is 73.9. The quantitative estimate of drug-likeness (QED) is 0.168. The van der Waals surface area contributed by atoms with Crippen LogP contribution in [-0.4, -0.2) is 126 Å². The number of rotatable bonds is 5. The van der Waals surface area contributed by atoms with Gasteiger partial charge < -0.3 is 44.0 Å². The third-order valence-electron chi connectivity index (χ3n) is 11.8. The van der Waals surface area contributed by atoms with Gasteiger partial charge in [0.25, 0.3) is 0 Å². The van der Waals surface area contributed by atoms with Crippen LogP contribution in [0.3, 0.4) is 0 Å². The molecule has 0 unspecified atom stereocenters. The van der Waals surface area contributed by atoms with Crippen LogP contribution in [0, 0.1) is 37.1 Å². The lowest BCUT2D eigenvalue weighted by Gasteiger charge is -2.41. The second kappa shape index (κ2) is 20.0. The van der Waals surface area contributed by atoms with Crippen LogP contribution in [-0.2, 0) is 14.2 Å². The Balaban J connectivity index is 0.000000215. The number of pyridine rings is 3. The van der Waals surface area contributed by atoms with Crippen LogP contribution in [0.2, 0.25) is 5.02 Å². The highest BCUT2D eigenvalue weighted by Crippen LogP contribution is 2.39. The molecular weight excluding hydrogens is 906 g/mol. The summed E-state index contributed by atoms with van der Waals surface area (Å²) in [6.45, 7) is 24.2. The normalized spacial score (nSPS) is 18.1. The van der Waals surface area contributed by atoms with Crippen molar-refractivity contribution in [2.75, 3.05) is 85.6 Å². The van der Waals surface area contributed by atoms with Crippen LogP contribution in [0.15, 0.2) is 42.7 Å². The number of ether oxygens (including phenoxy) is 3. The van der Waals surface area contributed by atoms with Gasteiger partial charge in [0.05, 0.1) is 69.5 Å². The van der Waals surface area contributed by atoms with E-state index in [1.807, 2.05) is 73.3 Å². The zero-order valence-electron chi connectivity index (χ0n) is 40.3. The molecule has 68 heavy (non-hydrogen) atoms. The number of nitrogens with zero attached hydrogens (tertiary/aromatic N) is 8. The molecule has 6 heterocycles. The van der Waals surface area contributed by atoms with E-state index in [0.29, 0.717) is 86.6 Å². The van der Waals surface area contributed by atoms with Crippen molar-refractivity contribution in [3.63, 3.8) is 0 Å². The molecule has 366 valence electrons. The van der Waals surface area contributed by atoms with E-state index in [9.17, 15) is 22.8 Å². The molecule has 0 spiro atoms. The van der Waals surface area contributed by atoms with Gasteiger partial charge in [0, 0.05) is 99.8 Å². The molecule has 8 rings (SSSR count). The first-order valence-corrected chi connectivity index (χ1v) is 23.1. The molecule has 0 bridgehead atoms. The number of morpholine rings is 1. The van der Waals surface area contributed by atoms with Crippen molar-refractivity contribution in [1.82, 2.24) is 24.8 Å². The molecular formula is C49H60ClF4N9O5. The van der Waals surface area contributed by atoms with Gasteiger partial charge in [0.15, 0.2) is 0 Å². The highest BCUT2D eigenvalue weighted by Gasteiger charge is 2.34. The van der Waals surface area contributed by atoms with Crippen LogP contribution in [0.5, 0.6) is 0 Å². The zero-order chi connectivity index (χ0) is 49.4. The molecule has 0 radical (unpaired) electrons. The number of anilines is 5. The summed E-state index contributed by atoms with van der Waals surface area (Å²) in [6.07, 6.45) is 2.76. The third-order valence-corrected chi connectivity index (χ3v) is 12.3. The highest BCUT2D eigenvalue weighted by atomic mass is 35.5. The molecule has 0 saturated carbocycles. The number of aromatic nitrogens is 3. The fourth-order valence-corrected chi connectivity index (χ4v) is 8.89. The molecule has 19 heteroatoms. The second-order valence-corrected chi connectivity index (χ2v) is 19.8. The fourth-order valence-electron chi connectivity index (χ4n) is 8.62. The predicted molar refractivity (Wildman–Crippen MR) is 258 cm³/mol. The Labute approximate surface area is 399 Å². The van der Waals surface area contributed by atoms with Gasteiger partial charge in [0.2, 0.25) is 0 Å². The number of hydrogen-bond donors (Lipinski definition) is 1. The first-order valence-electron chi connectivity index (χ1n) is 22.8. The Hall–Kier alpha value is -5.88. The van der Waals surface area contributed by atoms with Gasteiger partial charge in [-0.05, 0) is 75.3 Å². The van der Waals surface area contributed by atoms with Crippen molar-refractivity contribution < 1.29 is 41.4 Å². The molecule has 1 N–H and O–H groups in total. The molecule has 0 aliphatic carbocycles. The highest BCUT2D eigenvalue weighted by molar-refractivity contribution is 6.36. The number of halogens is 5. The van der Waals surface area contributed by atoms with Crippen molar-refractivity contribution in [1.29, 1.82) is 0 Å². The number of nitrogens with one attached hydrogen (secondary N) is 1. The number of amides is 2. The summed E-state index contributed by atoms with van der Waals surface area (Å²) >= 11 is 6.39. The molecule has 2 amide bonds. The average molecular weight is 967 g/mol. The number of piperazine rings is 2. The van der Waals surface area contributed by atoms with Crippen molar-refractivity contribution in [2.24, 2.45) is 0 Å². The number of carbonyl (C=O) groups excluding carboxylic acids is 2. The minimum Gasteiger partial charge on any atom is -0.444 e. The second-order valence-electron chi connectivity index (χ2n) is 19.5. The maximum atomic E-state index is 15.3. The van der Waals surface area contributed by atoms with Gasteiger partial charge in [-0.15, -0.1) is 0 Å². The van der Waals surface area contributed by atoms with Gasteiger partial charge >= 0.3 is 12.2 Å². The summed E-state index contributed by atoms with van der Waals surface area (Å²) in [5, 5.41) is 3.91. The van der Waals surface area contributed by atoms with Crippen molar-refractivity contribution >= 4 is 74.3 Å². The maximum Gasteiger partial charge on any atom is 0.410 e. The van der Waals surface area contributed by atoms with Crippen molar-refractivity contribution in [2.45, 2.75) is 92.5 Å². The van der Waals surface area contributed by atoms with Crippen LogP contribution in [0.25, 0.3) is 21.8 Å². The standard InChI is InChI=1S/C29H36F2N6O3.C20H24ClF2N3O2/c1-18-17-36(28(38)40-29(3,4)5)6-7-37(18)27-19(2)26(25-23(31)12-20(30)13-24(25)34-27)33-21-14-22(16-32-15-21)35-8-10-39-11-9-35;1-11-10-25(19(27)28-20(3,4)5)6-7-26(11)18-12(2)17(21)16-14(23)8-13(22)9-15(16)24-18/h12-16,18H,6-11,17H2,1-5H3,(H,33,34);8-9,11H,6-7,10H2,1-5H3/t18-;11-/m11/s1. The SMILES string of the molecule is Cc1c(N2CCN(C(=O)OC(C)(C)C)C[C@H]2C)nc2cc(F)cc(F)c2c1Cl.Cc1c(N2CCN(C(=O)OC(C)(C)C)C[C@H]2C)nc2cc(F)cc(F)c2c1Nc1cncc(N2CCOCC2)c1. The van der Waals surface area contributed by atoms with Crippen molar-refractivity contribution in [3.05, 3.63) is 82.1 Å². The number of carbonyl (C=O) groups is 2. The molecule has 14 nitrogen and oxygen atoms in total. The smallest absolute Gasteiger partial charge is 0.410 e. The maximum absolute atomic E-state index is 15.3. The predicted octanol–water partition coefficient (Wildman–Crippen LogP) is 10.2. The fraction of sp³-hybridized carbons (Fsp3) is 0.490. The van der Waals surface area contributed by atoms with E-state index < -0.39 is 34.5 Å². The molecule has 3 aliphatic rings. The topological polar surface area (TPSA) is 129 Å². The van der Waals surface area contributed by atoms with E-state index >= 15 is 4.39 Å². The summed E-state index contributed by atoms with van der Waals surface area (Å²) in [6, 6.07) is 5.89. The minimum atomic E-state index is -0.732. The van der Waals surface area contributed by atoms with E-state index in [2.05, 4.69) is 25.1 Å². The summed E-state index contributed by atoms with van der Waals surface area (Å²) in [4.78, 5) is 48.2. The number of hydrogen-bond acceptors (Lipinski definition) is 12. The van der Waals surface area contributed by atoms with E-state index in [1.165, 1.54) is 12.1 Å². The summed E-state index contributed by atoms with van der Waals surface area (Å²) in [7, 11) is 0. The Morgan fingerprint density at radius 2 is 1.18 bits per heavy atom. The van der Waals surface area contributed by atoms with Crippen molar-refractivity contribution in [3.8, 4) is 0 Å². The largest absolute Gasteiger partial charge is 0.444 e. The molecule has 2 aromatic carbocycles. The Kier molecular flexibility index (Phi) is 14.7. The Morgan fingerprint density at radius 1 is 0.691 bits per heavy atom. The molecule has 2 atom stereocenters. The van der Waals surface area contributed by atoms with E-state index in [0.717, 1.165) is 30.9 Å². The summed E-state index contributed by atoms with van der Waals surface area (Å²) in [5.41, 5.74) is 2.68. The Bertz CT molecular complexity index is 2690. The van der Waals surface area contributed by atoms with Gasteiger partial charge in [-0.1, -0.05) is 11.6 Å². The molecule has 3 aliphatic heterocycles. The minimum absolute atomic E-state index is 0.0700. The lowest BCUT2D eigenvalue weighted by Crippen LogP contribution is -2.55. The molecule has 5 aromatic rings. The van der Waals surface area contributed by atoms with Crippen LogP contribution in [0.1, 0.15) is 66.5 Å². The van der Waals surface area contributed by atoms with Gasteiger partial charge in [-0.25, -0.2) is 37.1 Å². The Morgan fingerprint density at radius 3 is 1.68 bits per heavy atom. The van der Waals surface area contributed by atoms with Crippen LogP contribution >= 0.6 is 11.6 Å². The third kappa shape index (κ3) is 11.3. The monoisotopic (exact) mass is 965 g/mol. The van der Waals surface area contributed by atoms with E-state index in [4.69, 9.17) is 30.8 Å². The first-order chi connectivity index (χ1) is 32.0. The lowest BCUT2D eigenvalue weighted by atomic mass is 10.1.